The third-order valence-corrected chi connectivity index (χ3v) is 3.82. The zero-order chi connectivity index (χ0) is 13.3. The quantitative estimate of drug-likeness (QED) is 0.888. The molecule has 1 fully saturated rings. The van der Waals surface area contributed by atoms with Crippen LogP contribution < -0.4 is 0 Å². The fourth-order valence-electron chi connectivity index (χ4n) is 2.92. The molecule has 100 valence electrons. The van der Waals surface area contributed by atoms with Crippen LogP contribution in [0.3, 0.4) is 0 Å². The second-order valence-electron chi connectivity index (χ2n) is 5.83. The van der Waals surface area contributed by atoms with E-state index in [1.807, 2.05) is 6.07 Å². The monoisotopic (exact) mass is 256 g/mol. The standard InChI is InChI=1S/C16H20N2O/c1-16(2)10-13(8-9-19-16)15-14(17-11-18-15)12-6-4-3-5-7-12/h3-7,11,13H,8-10H2,1-2H3,(H,17,18). The van der Waals surface area contributed by atoms with E-state index in [4.69, 9.17) is 4.74 Å². The Morgan fingerprint density at radius 3 is 2.79 bits per heavy atom. The Balaban J connectivity index is 1.92. The van der Waals surface area contributed by atoms with Crippen LogP contribution in [-0.2, 0) is 4.74 Å². The van der Waals surface area contributed by atoms with Crippen molar-refractivity contribution in [1.82, 2.24) is 9.97 Å². The van der Waals surface area contributed by atoms with E-state index < -0.39 is 0 Å². The van der Waals surface area contributed by atoms with Crippen LogP contribution in [0, 0.1) is 0 Å². The normalized spacial score (nSPS) is 22.3. The van der Waals surface area contributed by atoms with Crippen molar-refractivity contribution in [3.05, 3.63) is 42.4 Å². The maximum Gasteiger partial charge on any atom is 0.0929 e. The highest BCUT2D eigenvalue weighted by molar-refractivity contribution is 5.62. The molecule has 2 heterocycles. The predicted molar refractivity (Wildman–Crippen MR) is 76.0 cm³/mol. The van der Waals surface area contributed by atoms with Crippen molar-refractivity contribution < 1.29 is 4.74 Å². The first kappa shape index (κ1) is 12.4. The number of aromatic amines is 1. The molecular weight excluding hydrogens is 236 g/mol. The number of nitrogens with one attached hydrogen (secondary N) is 1. The minimum absolute atomic E-state index is 0.0397. The molecule has 1 unspecified atom stereocenters. The van der Waals surface area contributed by atoms with Gasteiger partial charge in [0.15, 0.2) is 0 Å². The third kappa shape index (κ3) is 2.56. The van der Waals surface area contributed by atoms with Gasteiger partial charge in [-0.2, -0.15) is 0 Å². The summed E-state index contributed by atoms with van der Waals surface area (Å²) in [7, 11) is 0. The topological polar surface area (TPSA) is 37.9 Å². The number of rotatable bonds is 2. The van der Waals surface area contributed by atoms with Gasteiger partial charge in [0.05, 0.1) is 17.6 Å². The fraction of sp³-hybridized carbons (Fsp3) is 0.438. The van der Waals surface area contributed by atoms with Crippen molar-refractivity contribution in [3.8, 4) is 11.3 Å². The summed E-state index contributed by atoms with van der Waals surface area (Å²) < 4.78 is 5.80. The minimum atomic E-state index is -0.0397. The average molecular weight is 256 g/mol. The Kier molecular flexibility index (Phi) is 3.15. The van der Waals surface area contributed by atoms with E-state index in [-0.39, 0.29) is 5.60 Å². The number of hydrogen-bond acceptors (Lipinski definition) is 2. The molecule has 1 atom stereocenters. The highest BCUT2D eigenvalue weighted by Crippen LogP contribution is 2.38. The number of ether oxygens (including phenoxy) is 1. The molecule has 19 heavy (non-hydrogen) atoms. The molecule has 1 aliphatic heterocycles. The number of imidazole rings is 1. The summed E-state index contributed by atoms with van der Waals surface area (Å²) in [4.78, 5) is 7.86. The first-order chi connectivity index (χ1) is 9.16. The minimum Gasteiger partial charge on any atom is -0.376 e. The molecule has 1 aromatic carbocycles. The van der Waals surface area contributed by atoms with E-state index in [1.54, 1.807) is 6.33 Å². The zero-order valence-corrected chi connectivity index (χ0v) is 11.5. The van der Waals surface area contributed by atoms with Crippen LogP contribution in [0.5, 0.6) is 0 Å². The van der Waals surface area contributed by atoms with Crippen LogP contribution in [0.2, 0.25) is 0 Å². The Morgan fingerprint density at radius 1 is 1.26 bits per heavy atom. The lowest BCUT2D eigenvalue weighted by molar-refractivity contribution is -0.0596. The van der Waals surface area contributed by atoms with E-state index in [2.05, 4.69) is 48.1 Å². The molecule has 1 aromatic heterocycles. The van der Waals surface area contributed by atoms with Gasteiger partial charge in [-0.15, -0.1) is 0 Å². The Morgan fingerprint density at radius 2 is 2.05 bits per heavy atom. The maximum absolute atomic E-state index is 5.80. The molecule has 0 bridgehead atoms. The first-order valence-corrected chi connectivity index (χ1v) is 6.88. The molecule has 0 spiro atoms. The molecule has 1 N–H and O–H groups in total. The van der Waals surface area contributed by atoms with Gasteiger partial charge in [-0.05, 0) is 26.7 Å². The SMILES string of the molecule is CC1(C)CC(c2[nH]cnc2-c2ccccc2)CCO1. The lowest BCUT2D eigenvalue weighted by Gasteiger charge is -2.35. The summed E-state index contributed by atoms with van der Waals surface area (Å²) in [5.74, 6) is 0.501. The molecule has 0 aliphatic carbocycles. The van der Waals surface area contributed by atoms with E-state index in [9.17, 15) is 0 Å². The molecule has 3 nitrogen and oxygen atoms in total. The van der Waals surface area contributed by atoms with Gasteiger partial charge in [0.1, 0.15) is 0 Å². The molecule has 1 aliphatic rings. The highest BCUT2D eigenvalue weighted by atomic mass is 16.5. The van der Waals surface area contributed by atoms with Gasteiger partial charge in [0.2, 0.25) is 0 Å². The lowest BCUT2D eigenvalue weighted by Crippen LogP contribution is -2.33. The second-order valence-corrected chi connectivity index (χ2v) is 5.83. The zero-order valence-electron chi connectivity index (χ0n) is 11.5. The highest BCUT2D eigenvalue weighted by Gasteiger charge is 2.31. The van der Waals surface area contributed by atoms with Gasteiger partial charge in [-0.25, -0.2) is 4.98 Å². The summed E-state index contributed by atoms with van der Waals surface area (Å²) >= 11 is 0. The number of benzene rings is 1. The molecular formula is C16H20N2O. The third-order valence-electron chi connectivity index (χ3n) is 3.82. The summed E-state index contributed by atoms with van der Waals surface area (Å²) in [6.45, 7) is 5.15. The van der Waals surface area contributed by atoms with E-state index in [1.165, 1.54) is 11.3 Å². The van der Waals surface area contributed by atoms with Crippen LogP contribution in [-0.4, -0.2) is 22.2 Å². The van der Waals surface area contributed by atoms with Gasteiger partial charge in [-0.3, -0.25) is 0 Å². The van der Waals surface area contributed by atoms with Crippen molar-refractivity contribution in [2.24, 2.45) is 0 Å². The number of nitrogens with zero attached hydrogens (tertiary/aromatic N) is 1. The van der Waals surface area contributed by atoms with Gasteiger partial charge in [-0.1, -0.05) is 30.3 Å². The van der Waals surface area contributed by atoms with Gasteiger partial charge < -0.3 is 9.72 Å². The Bertz CT molecular complexity index is 545. The van der Waals surface area contributed by atoms with Crippen molar-refractivity contribution >= 4 is 0 Å². The molecule has 2 aromatic rings. The number of H-pyrrole nitrogens is 1. The van der Waals surface area contributed by atoms with Gasteiger partial charge in [0.25, 0.3) is 0 Å². The van der Waals surface area contributed by atoms with Gasteiger partial charge in [0, 0.05) is 23.8 Å². The first-order valence-electron chi connectivity index (χ1n) is 6.88. The van der Waals surface area contributed by atoms with E-state index in [0.717, 1.165) is 25.1 Å². The van der Waals surface area contributed by atoms with Gasteiger partial charge >= 0.3 is 0 Å². The maximum atomic E-state index is 5.80. The molecule has 3 heteroatoms. The van der Waals surface area contributed by atoms with Crippen LogP contribution >= 0.6 is 0 Å². The number of aromatic nitrogens is 2. The summed E-state index contributed by atoms with van der Waals surface area (Å²) in [6.07, 6.45) is 3.90. The lowest BCUT2D eigenvalue weighted by atomic mass is 9.85. The van der Waals surface area contributed by atoms with E-state index >= 15 is 0 Å². The molecule has 3 rings (SSSR count). The Hall–Kier alpha value is -1.61. The summed E-state index contributed by atoms with van der Waals surface area (Å²) in [5.41, 5.74) is 3.48. The van der Waals surface area contributed by atoms with Crippen molar-refractivity contribution in [2.45, 2.75) is 38.2 Å². The predicted octanol–water partition coefficient (Wildman–Crippen LogP) is 3.75. The molecule has 0 saturated carbocycles. The molecule has 0 amide bonds. The summed E-state index contributed by atoms with van der Waals surface area (Å²) in [6, 6.07) is 10.4. The van der Waals surface area contributed by atoms with Crippen molar-refractivity contribution in [2.75, 3.05) is 6.61 Å². The molecule has 1 saturated heterocycles. The second kappa shape index (κ2) is 4.82. The van der Waals surface area contributed by atoms with E-state index in [0.29, 0.717) is 5.92 Å². The largest absolute Gasteiger partial charge is 0.376 e. The average Bonchev–Trinajstić information content (AvgIpc) is 2.88. The van der Waals surface area contributed by atoms with Crippen LogP contribution in [0.25, 0.3) is 11.3 Å². The van der Waals surface area contributed by atoms with Crippen LogP contribution in [0.4, 0.5) is 0 Å². The van der Waals surface area contributed by atoms with Crippen LogP contribution in [0.15, 0.2) is 36.7 Å². The summed E-state index contributed by atoms with van der Waals surface area (Å²) in [5, 5.41) is 0. The number of hydrogen-bond donors (Lipinski definition) is 1. The van der Waals surface area contributed by atoms with Crippen molar-refractivity contribution in [1.29, 1.82) is 0 Å². The van der Waals surface area contributed by atoms with Crippen LogP contribution in [0.1, 0.15) is 38.3 Å². The Labute approximate surface area is 114 Å². The molecule has 0 radical (unpaired) electrons. The smallest absolute Gasteiger partial charge is 0.0929 e. The fourth-order valence-corrected chi connectivity index (χ4v) is 2.92. The van der Waals surface area contributed by atoms with Crippen molar-refractivity contribution in [3.63, 3.8) is 0 Å².